The zero-order valence-corrected chi connectivity index (χ0v) is 14.8. The lowest BCUT2D eigenvalue weighted by Crippen LogP contribution is -2.53. The maximum atomic E-state index is 13.3. The number of nitrogens with zero attached hydrogens (tertiary/aromatic N) is 1. The number of para-hydroxylation sites is 1. The number of ether oxygens (including phenoxy) is 1. The summed E-state index contributed by atoms with van der Waals surface area (Å²) in [6.45, 7) is 4.00. The molecule has 0 aliphatic carbocycles. The number of fused-ring (bicyclic) bond motifs is 3. The summed E-state index contributed by atoms with van der Waals surface area (Å²) in [5.74, 6) is 0.484. The first-order valence-electron chi connectivity index (χ1n) is 8.72. The lowest BCUT2D eigenvalue weighted by molar-refractivity contribution is -0.0567. The molecule has 1 aromatic heterocycles. The Kier molecular flexibility index (Phi) is 3.86. The zero-order valence-electron chi connectivity index (χ0n) is 14.8. The normalized spacial score (nSPS) is 21.2. The van der Waals surface area contributed by atoms with Crippen molar-refractivity contribution in [3.8, 4) is 5.75 Å². The van der Waals surface area contributed by atoms with Gasteiger partial charge in [-0.2, -0.15) is 0 Å². The van der Waals surface area contributed by atoms with Crippen LogP contribution >= 0.6 is 0 Å². The zero-order chi connectivity index (χ0) is 18.5. The monoisotopic (exact) mass is 350 g/mol. The van der Waals surface area contributed by atoms with E-state index >= 15 is 0 Å². The first-order valence-corrected chi connectivity index (χ1v) is 8.72. The van der Waals surface area contributed by atoms with Crippen molar-refractivity contribution in [2.75, 3.05) is 0 Å². The third kappa shape index (κ3) is 2.52. The Bertz CT molecular complexity index is 1020. The predicted molar refractivity (Wildman–Crippen MR) is 101 cm³/mol. The molecule has 5 heteroatoms. The smallest absolute Gasteiger partial charge is 0.260 e. The number of benzene rings is 2. The SMILES string of the molecule is CC1(C)Oc2c(c(=O)n(Cc3ccccc3)c3ccccc23)[C@H](N)[C@H]1O. The molecule has 2 atom stereocenters. The molecule has 0 amide bonds. The lowest BCUT2D eigenvalue weighted by Gasteiger charge is -2.41. The molecule has 0 saturated carbocycles. The van der Waals surface area contributed by atoms with Crippen molar-refractivity contribution < 1.29 is 9.84 Å². The molecular formula is C21H22N2O3. The summed E-state index contributed by atoms with van der Waals surface area (Å²) >= 11 is 0. The molecule has 0 spiro atoms. The second-order valence-corrected chi connectivity index (χ2v) is 7.31. The predicted octanol–water partition coefficient (Wildman–Crippen LogP) is 2.58. The van der Waals surface area contributed by atoms with Gasteiger partial charge in [0, 0.05) is 5.39 Å². The van der Waals surface area contributed by atoms with Gasteiger partial charge in [-0.25, -0.2) is 0 Å². The molecule has 3 aromatic rings. The van der Waals surface area contributed by atoms with E-state index in [1.54, 1.807) is 18.4 Å². The molecule has 4 rings (SSSR count). The molecule has 134 valence electrons. The van der Waals surface area contributed by atoms with E-state index < -0.39 is 17.7 Å². The van der Waals surface area contributed by atoms with E-state index in [-0.39, 0.29) is 5.56 Å². The van der Waals surface area contributed by atoms with Crippen LogP contribution in [-0.2, 0) is 6.54 Å². The summed E-state index contributed by atoms with van der Waals surface area (Å²) in [7, 11) is 0. The summed E-state index contributed by atoms with van der Waals surface area (Å²) in [6, 6.07) is 16.6. The molecule has 2 aromatic carbocycles. The average molecular weight is 350 g/mol. The van der Waals surface area contributed by atoms with Crippen LogP contribution in [0.15, 0.2) is 59.4 Å². The van der Waals surface area contributed by atoms with Crippen molar-refractivity contribution in [3.05, 3.63) is 76.1 Å². The van der Waals surface area contributed by atoms with Crippen molar-refractivity contribution in [3.63, 3.8) is 0 Å². The molecular weight excluding hydrogens is 328 g/mol. The van der Waals surface area contributed by atoms with E-state index in [0.717, 1.165) is 16.5 Å². The van der Waals surface area contributed by atoms with Crippen molar-refractivity contribution in [1.29, 1.82) is 0 Å². The first kappa shape index (κ1) is 16.8. The summed E-state index contributed by atoms with van der Waals surface area (Å²) in [5, 5.41) is 11.4. The molecule has 1 aliphatic heterocycles. The Morgan fingerprint density at radius 2 is 1.77 bits per heavy atom. The van der Waals surface area contributed by atoms with Gasteiger partial charge in [0.15, 0.2) is 0 Å². The van der Waals surface area contributed by atoms with Crippen LogP contribution in [0.4, 0.5) is 0 Å². The number of rotatable bonds is 2. The second-order valence-electron chi connectivity index (χ2n) is 7.31. The molecule has 1 aliphatic rings. The van der Waals surface area contributed by atoms with Crippen molar-refractivity contribution in [1.82, 2.24) is 4.57 Å². The van der Waals surface area contributed by atoms with Crippen molar-refractivity contribution >= 4 is 10.9 Å². The quantitative estimate of drug-likeness (QED) is 0.745. The number of aliphatic hydroxyl groups excluding tert-OH is 1. The number of pyridine rings is 1. The molecule has 0 radical (unpaired) electrons. The maximum absolute atomic E-state index is 13.3. The molecule has 0 unspecified atom stereocenters. The minimum Gasteiger partial charge on any atom is -0.484 e. The minimum atomic E-state index is -0.964. The van der Waals surface area contributed by atoms with E-state index in [1.807, 2.05) is 54.6 Å². The highest BCUT2D eigenvalue weighted by Gasteiger charge is 2.43. The highest BCUT2D eigenvalue weighted by atomic mass is 16.5. The van der Waals surface area contributed by atoms with Crippen molar-refractivity contribution in [2.24, 2.45) is 5.73 Å². The summed E-state index contributed by atoms with van der Waals surface area (Å²) < 4.78 is 7.76. The number of hydrogen-bond acceptors (Lipinski definition) is 4. The Morgan fingerprint density at radius 3 is 2.50 bits per heavy atom. The molecule has 3 N–H and O–H groups in total. The van der Waals surface area contributed by atoms with Crippen LogP contribution in [0.3, 0.4) is 0 Å². The summed E-state index contributed by atoms with van der Waals surface area (Å²) in [6.07, 6.45) is -0.964. The van der Waals surface area contributed by atoms with Gasteiger partial charge in [-0.1, -0.05) is 42.5 Å². The minimum absolute atomic E-state index is 0.218. The van der Waals surface area contributed by atoms with E-state index in [1.165, 1.54) is 0 Å². The Morgan fingerprint density at radius 1 is 1.12 bits per heavy atom. The van der Waals surface area contributed by atoms with E-state index in [0.29, 0.717) is 17.9 Å². The Balaban J connectivity index is 2.01. The largest absolute Gasteiger partial charge is 0.484 e. The Labute approximate surface area is 151 Å². The van der Waals surface area contributed by atoms with Gasteiger partial charge >= 0.3 is 0 Å². The van der Waals surface area contributed by atoms with Crippen LogP contribution in [0, 0.1) is 0 Å². The number of aliphatic hydroxyl groups is 1. The molecule has 5 nitrogen and oxygen atoms in total. The summed E-state index contributed by atoms with van der Waals surface area (Å²) in [4.78, 5) is 13.3. The molecule has 0 bridgehead atoms. The highest BCUT2D eigenvalue weighted by molar-refractivity contribution is 5.87. The maximum Gasteiger partial charge on any atom is 0.260 e. The standard InChI is InChI=1S/C21H22N2O3/c1-21(2)19(24)17(22)16-18(26-21)14-10-6-7-11-15(14)23(20(16)25)12-13-8-4-3-5-9-13/h3-11,17,19,24H,12,22H2,1-2H3/t17-,19+/m0/s1. The van der Waals surface area contributed by atoms with Gasteiger partial charge in [-0.15, -0.1) is 0 Å². The van der Waals surface area contributed by atoms with Gasteiger partial charge in [0.1, 0.15) is 17.5 Å². The van der Waals surface area contributed by atoms with Gasteiger partial charge in [0.2, 0.25) is 0 Å². The van der Waals surface area contributed by atoms with Gasteiger partial charge in [-0.3, -0.25) is 4.79 Å². The van der Waals surface area contributed by atoms with E-state index in [2.05, 4.69) is 0 Å². The van der Waals surface area contributed by atoms with Crippen molar-refractivity contribution in [2.45, 2.75) is 38.1 Å². The third-order valence-corrected chi connectivity index (χ3v) is 5.09. The molecule has 2 heterocycles. The highest BCUT2D eigenvalue weighted by Crippen LogP contribution is 2.41. The van der Waals surface area contributed by atoms with Crippen LogP contribution in [-0.4, -0.2) is 21.4 Å². The van der Waals surface area contributed by atoms with Crippen LogP contribution in [0.1, 0.15) is 31.0 Å². The molecule has 26 heavy (non-hydrogen) atoms. The first-order chi connectivity index (χ1) is 12.4. The topological polar surface area (TPSA) is 77.5 Å². The Hall–Kier alpha value is -2.63. The molecule has 0 saturated heterocycles. The van der Waals surface area contributed by atoms with Gasteiger partial charge in [0.05, 0.1) is 23.7 Å². The van der Waals surface area contributed by atoms with Gasteiger partial charge in [-0.05, 0) is 31.5 Å². The fourth-order valence-corrected chi connectivity index (χ4v) is 3.64. The van der Waals surface area contributed by atoms with E-state index in [9.17, 15) is 9.90 Å². The number of nitrogens with two attached hydrogens (primary N) is 1. The van der Waals surface area contributed by atoms with E-state index in [4.69, 9.17) is 10.5 Å². The fourth-order valence-electron chi connectivity index (χ4n) is 3.64. The lowest BCUT2D eigenvalue weighted by atomic mass is 9.87. The average Bonchev–Trinajstić information content (AvgIpc) is 2.64. The van der Waals surface area contributed by atoms with Crippen LogP contribution in [0.5, 0.6) is 5.75 Å². The third-order valence-electron chi connectivity index (χ3n) is 5.09. The van der Waals surface area contributed by atoms with Crippen LogP contribution in [0.25, 0.3) is 10.9 Å². The van der Waals surface area contributed by atoms with Crippen LogP contribution in [0.2, 0.25) is 0 Å². The fraction of sp³-hybridized carbons (Fsp3) is 0.286. The number of hydrogen-bond donors (Lipinski definition) is 2. The molecule has 0 fully saturated rings. The van der Waals surface area contributed by atoms with Gasteiger partial charge < -0.3 is 20.1 Å². The number of aromatic nitrogens is 1. The van der Waals surface area contributed by atoms with Crippen LogP contribution < -0.4 is 16.0 Å². The van der Waals surface area contributed by atoms with Gasteiger partial charge in [0.25, 0.3) is 5.56 Å². The second kappa shape index (κ2) is 5.97. The summed E-state index contributed by atoms with van der Waals surface area (Å²) in [5.41, 5.74) is 7.34.